The van der Waals surface area contributed by atoms with Gasteiger partial charge in [0.1, 0.15) is 0 Å². The zero-order valence-electron chi connectivity index (χ0n) is 13.2. The van der Waals surface area contributed by atoms with Crippen LogP contribution in [0, 0.1) is 0 Å². The smallest absolute Gasteiger partial charge is 0.0663 e. The van der Waals surface area contributed by atoms with Crippen LogP contribution in [0.15, 0.2) is 18.2 Å². The third-order valence-corrected chi connectivity index (χ3v) is 3.57. The zero-order valence-corrected chi connectivity index (χ0v) is 14.0. The van der Waals surface area contributed by atoms with Crippen molar-refractivity contribution in [3.8, 4) is 0 Å². The van der Waals surface area contributed by atoms with E-state index in [-0.39, 0.29) is 0 Å². The first-order valence-corrected chi connectivity index (χ1v) is 7.64. The lowest BCUT2D eigenvalue weighted by Gasteiger charge is -2.32. The van der Waals surface area contributed by atoms with Gasteiger partial charge in [0, 0.05) is 43.0 Å². The number of methoxy groups -OCH3 is 1. The van der Waals surface area contributed by atoms with Gasteiger partial charge in [-0.1, -0.05) is 31.5 Å². The Hall–Kier alpha value is -0.770. The van der Waals surface area contributed by atoms with E-state index in [1.807, 2.05) is 6.07 Å². The van der Waals surface area contributed by atoms with E-state index in [1.54, 1.807) is 7.11 Å². The summed E-state index contributed by atoms with van der Waals surface area (Å²) >= 11 is 6.18. The number of anilines is 1. The summed E-state index contributed by atoms with van der Waals surface area (Å²) in [6, 6.07) is 6.90. The summed E-state index contributed by atoms with van der Waals surface area (Å²) in [5, 5.41) is 4.24. The molecule has 0 aliphatic carbocycles. The van der Waals surface area contributed by atoms with Crippen molar-refractivity contribution in [2.24, 2.45) is 0 Å². The van der Waals surface area contributed by atoms with Crippen molar-refractivity contribution in [2.45, 2.75) is 46.3 Å². The lowest BCUT2D eigenvalue weighted by Crippen LogP contribution is -2.37. The minimum atomic E-state index is 0.321. The third kappa shape index (κ3) is 4.97. The highest BCUT2D eigenvalue weighted by Gasteiger charge is 2.16. The standard InChI is InChI=1S/C16H27ClN2O/c1-6-19(13(4)11-20-5)16-9-15(17)8-7-14(16)10-18-12(2)3/h7-9,12-13,18H,6,10-11H2,1-5H3. The molecule has 1 atom stereocenters. The van der Waals surface area contributed by atoms with Crippen molar-refractivity contribution in [3.63, 3.8) is 0 Å². The number of benzene rings is 1. The average Bonchev–Trinajstić information content (AvgIpc) is 2.38. The monoisotopic (exact) mass is 298 g/mol. The van der Waals surface area contributed by atoms with E-state index in [9.17, 15) is 0 Å². The van der Waals surface area contributed by atoms with E-state index < -0.39 is 0 Å². The molecule has 0 bridgehead atoms. The predicted octanol–water partition coefficient (Wildman–Crippen LogP) is 3.70. The number of hydrogen-bond acceptors (Lipinski definition) is 3. The number of rotatable bonds is 8. The van der Waals surface area contributed by atoms with Crippen LogP contribution in [-0.2, 0) is 11.3 Å². The summed E-state index contributed by atoms with van der Waals surface area (Å²) in [5.74, 6) is 0. The number of ether oxygens (including phenoxy) is 1. The van der Waals surface area contributed by atoms with Crippen molar-refractivity contribution in [1.29, 1.82) is 0 Å². The normalized spacial score (nSPS) is 12.8. The average molecular weight is 299 g/mol. The Morgan fingerprint density at radius 2 is 2.00 bits per heavy atom. The maximum Gasteiger partial charge on any atom is 0.0663 e. The fourth-order valence-electron chi connectivity index (χ4n) is 2.32. The molecular formula is C16H27ClN2O. The molecule has 0 spiro atoms. The fraction of sp³-hybridized carbons (Fsp3) is 0.625. The van der Waals surface area contributed by atoms with Crippen molar-refractivity contribution in [3.05, 3.63) is 28.8 Å². The molecule has 1 N–H and O–H groups in total. The minimum Gasteiger partial charge on any atom is -0.383 e. The fourth-order valence-corrected chi connectivity index (χ4v) is 2.48. The van der Waals surface area contributed by atoms with Crippen LogP contribution in [0.2, 0.25) is 5.02 Å². The summed E-state index contributed by atoms with van der Waals surface area (Å²) in [6.07, 6.45) is 0. The SMILES string of the molecule is CCN(c1cc(Cl)ccc1CNC(C)C)C(C)COC. The maximum atomic E-state index is 6.18. The quantitative estimate of drug-likeness (QED) is 0.792. The molecule has 0 aliphatic heterocycles. The molecule has 3 nitrogen and oxygen atoms in total. The molecule has 0 aliphatic rings. The summed E-state index contributed by atoms with van der Waals surface area (Å²) in [4.78, 5) is 2.34. The van der Waals surface area contributed by atoms with Crippen LogP contribution >= 0.6 is 11.6 Å². The van der Waals surface area contributed by atoms with Gasteiger partial charge in [-0.2, -0.15) is 0 Å². The highest BCUT2D eigenvalue weighted by Crippen LogP contribution is 2.26. The highest BCUT2D eigenvalue weighted by molar-refractivity contribution is 6.30. The van der Waals surface area contributed by atoms with Crippen molar-refractivity contribution in [2.75, 3.05) is 25.2 Å². The first-order valence-electron chi connectivity index (χ1n) is 7.27. The Kier molecular flexibility index (Phi) is 7.35. The Morgan fingerprint density at radius 3 is 2.55 bits per heavy atom. The van der Waals surface area contributed by atoms with E-state index in [0.717, 1.165) is 18.1 Å². The van der Waals surface area contributed by atoms with Crippen LogP contribution in [-0.4, -0.2) is 32.3 Å². The van der Waals surface area contributed by atoms with Gasteiger partial charge in [-0.25, -0.2) is 0 Å². The van der Waals surface area contributed by atoms with E-state index in [0.29, 0.717) is 18.7 Å². The summed E-state index contributed by atoms with van der Waals surface area (Å²) < 4.78 is 5.29. The number of halogens is 1. The van der Waals surface area contributed by atoms with Crippen LogP contribution in [0.25, 0.3) is 0 Å². The molecule has 20 heavy (non-hydrogen) atoms. The number of hydrogen-bond donors (Lipinski definition) is 1. The van der Waals surface area contributed by atoms with Gasteiger partial charge in [0.25, 0.3) is 0 Å². The second kappa shape index (κ2) is 8.50. The largest absolute Gasteiger partial charge is 0.383 e. The second-order valence-electron chi connectivity index (χ2n) is 5.40. The molecule has 0 saturated heterocycles. The first kappa shape index (κ1) is 17.3. The molecule has 0 amide bonds. The van der Waals surface area contributed by atoms with Crippen LogP contribution in [0.1, 0.15) is 33.3 Å². The summed E-state index contributed by atoms with van der Waals surface area (Å²) in [7, 11) is 1.74. The molecular weight excluding hydrogens is 272 g/mol. The van der Waals surface area contributed by atoms with Crippen LogP contribution < -0.4 is 10.2 Å². The molecule has 4 heteroatoms. The lowest BCUT2D eigenvalue weighted by molar-refractivity contribution is 0.182. The maximum absolute atomic E-state index is 6.18. The van der Waals surface area contributed by atoms with E-state index in [4.69, 9.17) is 16.3 Å². The number of nitrogens with one attached hydrogen (secondary N) is 1. The summed E-state index contributed by atoms with van der Waals surface area (Å²) in [6.45, 7) is 11.1. The molecule has 0 saturated carbocycles. The van der Waals surface area contributed by atoms with E-state index in [2.05, 4.69) is 50.0 Å². The molecule has 0 radical (unpaired) electrons. The zero-order chi connectivity index (χ0) is 15.1. The minimum absolute atomic E-state index is 0.321. The lowest BCUT2D eigenvalue weighted by atomic mass is 10.1. The van der Waals surface area contributed by atoms with Crippen LogP contribution in [0.3, 0.4) is 0 Å². The number of nitrogens with zero attached hydrogens (tertiary/aromatic N) is 1. The Morgan fingerprint density at radius 1 is 1.30 bits per heavy atom. The van der Waals surface area contributed by atoms with Gasteiger partial charge in [0.05, 0.1) is 6.61 Å². The van der Waals surface area contributed by atoms with E-state index >= 15 is 0 Å². The topological polar surface area (TPSA) is 24.5 Å². The van der Waals surface area contributed by atoms with Gasteiger partial charge < -0.3 is 15.0 Å². The second-order valence-corrected chi connectivity index (χ2v) is 5.84. The molecule has 1 aromatic carbocycles. The molecule has 1 unspecified atom stereocenters. The highest BCUT2D eigenvalue weighted by atomic mass is 35.5. The molecule has 1 rings (SSSR count). The Labute approximate surface area is 128 Å². The third-order valence-electron chi connectivity index (χ3n) is 3.34. The van der Waals surface area contributed by atoms with Gasteiger partial charge >= 0.3 is 0 Å². The Bertz CT molecular complexity index is 409. The Balaban J connectivity index is 3.01. The molecule has 0 fully saturated rings. The van der Waals surface area contributed by atoms with Crippen LogP contribution in [0.4, 0.5) is 5.69 Å². The van der Waals surface area contributed by atoms with Gasteiger partial charge in [0.15, 0.2) is 0 Å². The molecule has 0 heterocycles. The van der Waals surface area contributed by atoms with Gasteiger partial charge in [-0.3, -0.25) is 0 Å². The predicted molar refractivity (Wildman–Crippen MR) is 87.8 cm³/mol. The summed E-state index contributed by atoms with van der Waals surface area (Å²) in [5.41, 5.74) is 2.46. The van der Waals surface area contributed by atoms with Gasteiger partial charge in [-0.15, -0.1) is 0 Å². The molecule has 114 valence electrons. The van der Waals surface area contributed by atoms with Crippen LogP contribution in [0.5, 0.6) is 0 Å². The van der Waals surface area contributed by atoms with Crippen molar-refractivity contribution < 1.29 is 4.74 Å². The van der Waals surface area contributed by atoms with Crippen molar-refractivity contribution in [1.82, 2.24) is 5.32 Å². The van der Waals surface area contributed by atoms with Crippen molar-refractivity contribution >= 4 is 17.3 Å². The van der Waals surface area contributed by atoms with E-state index in [1.165, 1.54) is 11.3 Å². The first-order chi connectivity index (χ1) is 9.49. The number of likely N-dealkylation sites (N-methyl/N-ethyl adjacent to an activating group) is 1. The van der Waals surface area contributed by atoms with Gasteiger partial charge in [0.2, 0.25) is 0 Å². The molecule has 0 aromatic heterocycles. The van der Waals surface area contributed by atoms with Gasteiger partial charge in [-0.05, 0) is 31.5 Å². The molecule has 1 aromatic rings.